The van der Waals surface area contributed by atoms with Gasteiger partial charge in [0.1, 0.15) is 5.82 Å². The van der Waals surface area contributed by atoms with Crippen LogP contribution in [0.2, 0.25) is 0 Å². The van der Waals surface area contributed by atoms with Gasteiger partial charge in [0.15, 0.2) is 0 Å². The lowest BCUT2D eigenvalue weighted by Gasteiger charge is -2.21. The van der Waals surface area contributed by atoms with E-state index in [2.05, 4.69) is 0 Å². The van der Waals surface area contributed by atoms with Crippen molar-refractivity contribution in [3.8, 4) is 50.5 Å². The Labute approximate surface area is 292 Å². The number of para-hydroxylation sites is 3. The maximum absolute atomic E-state index is 9.56. The smallest absolute Gasteiger partial charge is 0.145 e. The van der Waals surface area contributed by atoms with Gasteiger partial charge in [-0.2, -0.15) is 0 Å². The largest absolute Gasteiger partial charge is 0.292 e. The molecule has 2 heteroatoms. The fourth-order valence-electron chi connectivity index (χ4n) is 6.40. The number of benzene rings is 8. The van der Waals surface area contributed by atoms with E-state index in [1.165, 1.54) is 6.07 Å². The fourth-order valence-corrected chi connectivity index (χ4v) is 6.40. The highest BCUT2D eigenvalue weighted by Gasteiger charge is 2.22. The molecule has 1 aromatic heterocycles. The molecule has 0 N–H and O–H groups in total. The highest BCUT2D eigenvalue weighted by atomic mass is 15.1. The molecule has 0 fully saturated rings. The summed E-state index contributed by atoms with van der Waals surface area (Å²) in [5, 5.41) is -0.242. The lowest BCUT2D eigenvalue weighted by Crippen LogP contribution is -2.01. The van der Waals surface area contributed by atoms with Gasteiger partial charge in [-0.1, -0.05) is 163 Å². The minimum atomic E-state index is -0.602. The quantitative estimate of drug-likeness (QED) is 0.177. The van der Waals surface area contributed by atoms with Gasteiger partial charge in [0.25, 0.3) is 0 Å². The predicted octanol–water partition coefficient (Wildman–Crippen LogP) is 12.0. The second-order valence-electron chi connectivity index (χ2n) is 10.9. The number of rotatable bonds is 5. The first-order valence-electron chi connectivity index (χ1n) is 21.5. The Kier molecular flexibility index (Phi) is 4.05. The van der Waals surface area contributed by atoms with Crippen molar-refractivity contribution in [1.82, 2.24) is 9.55 Å². The van der Waals surface area contributed by atoms with E-state index in [0.717, 1.165) is 5.56 Å². The van der Waals surface area contributed by atoms with Crippen LogP contribution < -0.4 is 0 Å². The molecule has 0 radical (unpaired) electrons. The normalized spacial score (nSPS) is 15.3. The van der Waals surface area contributed by atoms with Crippen molar-refractivity contribution >= 4 is 32.6 Å². The molecule has 0 saturated carbocycles. The predicted molar refractivity (Wildman–Crippen MR) is 198 cm³/mol. The maximum atomic E-state index is 9.56. The van der Waals surface area contributed by atoms with E-state index in [9.17, 15) is 5.48 Å². The molecule has 9 rings (SSSR count). The maximum Gasteiger partial charge on any atom is 0.145 e. The van der Waals surface area contributed by atoms with E-state index in [0.29, 0.717) is 28.1 Å². The molecule has 9 aromatic rings. The van der Waals surface area contributed by atoms with Crippen LogP contribution in [0.1, 0.15) is 17.8 Å². The molecule has 0 saturated heterocycles. The molecule has 220 valence electrons. The second kappa shape index (κ2) is 11.3. The third-order valence-corrected chi connectivity index (χ3v) is 8.35. The first-order valence-corrected chi connectivity index (χ1v) is 15.0. The van der Waals surface area contributed by atoms with Gasteiger partial charge < -0.3 is 0 Å². The summed E-state index contributed by atoms with van der Waals surface area (Å²) in [4.78, 5) is 5.01. The summed E-state index contributed by atoms with van der Waals surface area (Å²) in [6, 6.07) is 23.4. The first-order chi connectivity index (χ1) is 28.8. The van der Waals surface area contributed by atoms with Crippen molar-refractivity contribution in [3.05, 3.63) is 182 Å². The topological polar surface area (TPSA) is 17.8 Å². The Balaban J connectivity index is 1.54. The zero-order chi connectivity index (χ0) is 42.5. The van der Waals surface area contributed by atoms with Crippen molar-refractivity contribution in [3.63, 3.8) is 0 Å². The Morgan fingerprint density at radius 1 is 0.426 bits per heavy atom. The van der Waals surface area contributed by atoms with Gasteiger partial charge in [-0.25, -0.2) is 4.98 Å². The second-order valence-corrected chi connectivity index (χ2v) is 10.9. The van der Waals surface area contributed by atoms with Crippen molar-refractivity contribution < 1.29 is 17.8 Å². The van der Waals surface area contributed by atoms with Gasteiger partial charge >= 0.3 is 0 Å². The van der Waals surface area contributed by atoms with Gasteiger partial charge in [0.2, 0.25) is 0 Å². The highest BCUT2D eigenvalue weighted by Crippen LogP contribution is 2.47. The number of fused-ring (bicyclic) bond motifs is 3. The summed E-state index contributed by atoms with van der Waals surface area (Å²) >= 11 is 0. The number of imidazole rings is 1. The number of hydrogen-bond acceptors (Lipinski definition) is 1. The molecule has 0 aliphatic heterocycles. The number of nitrogens with zero attached hydrogens (tertiary/aromatic N) is 2. The summed E-state index contributed by atoms with van der Waals surface area (Å²) in [5.41, 5.74) is 3.21. The zero-order valence-corrected chi connectivity index (χ0v) is 24.7. The van der Waals surface area contributed by atoms with Crippen molar-refractivity contribution in [1.29, 1.82) is 0 Å². The Hall–Kier alpha value is -6.25. The van der Waals surface area contributed by atoms with Crippen LogP contribution in [0.25, 0.3) is 83.0 Å². The molecule has 47 heavy (non-hydrogen) atoms. The van der Waals surface area contributed by atoms with Gasteiger partial charge in [-0.05, 0) is 67.6 Å². The molecular formula is C45H30N2. The lowest BCUT2D eigenvalue weighted by atomic mass is 9.83. The van der Waals surface area contributed by atoms with Gasteiger partial charge in [-0.3, -0.25) is 4.57 Å². The molecule has 0 aliphatic carbocycles. The van der Waals surface area contributed by atoms with E-state index in [4.69, 9.17) is 17.3 Å². The average Bonchev–Trinajstić information content (AvgIpc) is 3.66. The standard InChI is InChI=1S/C45H30N2/c1-3-17-31(18-4-1)33-21-7-8-22-34(33)43-35-23-9-11-25-37(35)44(38-26-12-10-24-36(38)43)39-27-13-15-29-41(39)47-42-30-16-14-28-40(42)46-45(47)32-19-5-2-6-20-32/h1-30H/i1D,3D,4D,9D,10D,11D,12D,17D,18D,23D,24D,25D,26D. The van der Waals surface area contributed by atoms with Gasteiger partial charge in [0, 0.05) is 11.1 Å². The summed E-state index contributed by atoms with van der Waals surface area (Å²) in [6.07, 6.45) is 0. The van der Waals surface area contributed by atoms with Gasteiger partial charge in [-0.15, -0.1) is 0 Å². The van der Waals surface area contributed by atoms with Crippen LogP contribution in [0.3, 0.4) is 0 Å². The molecule has 0 aliphatic rings. The van der Waals surface area contributed by atoms with Crippen LogP contribution >= 0.6 is 0 Å². The van der Waals surface area contributed by atoms with E-state index in [1.807, 2.05) is 71.3 Å². The molecule has 0 atom stereocenters. The van der Waals surface area contributed by atoms with Crippen molar-refractivity contribution in [2.75, 3.05) is 0 Å². The van der Waals surface area contributed by atoms with Crippen LogP contribution in [0.5, 0.6) is 0 Å². The fraction of sp³-hybridized carbons (Fsp3) is 0. The highest BCUT2D eigenvalue weighted by molar-refractivity contribution is 6.23. The summed E-state index contributed by atoms with van der Waals surface area (Å²) < 4.78 is 119. The third-order valence-electron chi connectivity index (χ3n) is 8.35. The van der Waals surface area contributed by atoms with Crippen LogP contribution in [0.4, 0.5) is 0 Å². The van der Waals surface area contributed by atoms with Crippen LogP contribution in [0.15, 0.2) is 182 Å². The molecule has 2 nitrogen and oxygen atoms in total. The number of aromatic nitrogens is 2. The summed E-state index contributed by atoms with van der Waals surface area (Å²) in [5.74, 6) is 0.561. The molecule has 0 spiro atoms. The van der Waals surface area contributed by atoms with Crippen molar-refractivity contribution in [2.45, 2.75) is 0 Å². The van der Waals surface area contributed by atoms with E-state index < -0.39 is 78.6 Å². The van der Waals surface area contributed by atoms with Crippen LogP contribution in [-0.4, -0.2) is 9.55 Å². The molecule has 0 unspecified atom stereocenters. The summed E-state index contributed by atoms with van der Waals surface area (Å²) in [6.45, 7) is 0. The van der Waals surface area contributed by atoms with Crippen LogP contribution in [-0.2, 0) is 0 Å². The lowest BCUT2D eigenvalue weighted by molar-refractivity contribution is 1.10. The average molecular weight is 612 g/mol. The van der Waals surface area contributed by atoms with Gasteiger partial charge in [0.05, 0.1) is 34.5 Å². The van der Waals surface area contributed by atoms with Crippen molar-refractivity contribution in [2.24, 2.45) is 0 Å². The monoisotopic (exact) mass is 611 g/mol. The zero-order valence-electron chi connectivity index (χ0n) is 37.7. The third kappa shape index (κ3) is 4.46. The van der Waals surface area contributed by atoms with E-state index in [-0.39, 0.29) is 49.4 Å². The molecular weight excluding hydrogens is 569 g/mol. The first kappa shape index (κ1) is 16.9. The Bertz CT molecular complexity index is 3200. The SMILES string of the molecule is [2H]c1c([2H])c([2H])c(-c2ccccc2-c2c3c([2H])c([2H])c([2H])c([2H])c3c(-c3ccccc3-n3c(-c4ccccc4)nc4ccccc43)c3c([2H])c([2H])c([2H])c([2H])c23)c([2H])c1[2H]. The Morgan fingerprint density at radius 2 is 0.936 bits per heavy atom. The van der Waals surface area contributed by atoms with E-state index >= 15 is 0 Å². The molecule has 0 amide bonds. The minimum absolute atomic E-state index is 0.0132. The van der Waals surface area contributed by atoms with Crippen LogP contribution in [0, 0.1) is 0 Å². The summed E-state index contributed by atoms with van der Waals surface area (Å²) in [7, 11) is 0. The molecule has 0 bridgehead atoms. The van der Waals surface area contributed by atoms with E-state index in [1.54, 1.807) is 30.3 Å². The molecule has 1 heterocycles. The Morgan fingerprint density at radius 3 is 1.62 bits per heavy atom. The number of hydrogen-bond donors (Lipinski definition) is 0. The minimum Gasteiger partial charge on any atom is -0.292 e. The molecule has 8 aromatic carbocycles.